The first-order chi connectivity index (χ1) is 12.0. The quantitative estimate of drug-likeness (QED) is 0.767. The van der Waals surface area contributed by atoms with Crippen molar-refractivity contribution in [1.82, 2.24) is 15.0 Å². The molecule has 0 fully saturated rings. The molecule has 7 nitrogen and oxygen atoms in total. The van der Waals surface area contributed by atoms with Crippen LogP contribution in [0, 0.1) is 5.82 Å². The lowest BCUT2D eigenvalue weighted by Gasteiger charge is -2.11. The minimum atomic E-state index is -1.23. The van der Waals surface area contributed by atoms with Gasteiger partial charge in [0.2, 0.25) is 0 Å². The maximum Gasteiger partial charge on any atom is 0.358 e. The summed E-state index contributed by atoms with van der Waals surface area (Å²) in [5.41, 5.74) is 0.997. The zero-order valence-corrected chi connectivity index (χ0v) is 13.4. The lowest BCUT2D eigenvalue weighted by Crippen LogP contribution is -2.04. The molecule has 0 spiro atoms. The smallest absolute Gasteiger partial charge is 0.358 e. The maximum absolute atomic E-state index is 13.2. The molecule has 3 aromatic rings. The summed E-state index contributed by atoms with van der Waals surface area (Å²) in [6, 6.07) is 10.4. The minimum absolute atomic E-state index is 0.235. The van der Waals surface area contributed by atoms with Crippen LogP contribution in [0.25, 0.3) is 16.9 Å². The highest BCUT2D eigenvalue weighted by atomic mass is 19.1. The lowest BCUT2D eigenvalue weighted by molar-refractivity contribution is 0.0691. The van der Waals surface area contributed by atoms with Gasteiger partial charge in [-0.05, 0) is 36.4 Å². The fraction of sp³-hybridized carbons (Fsp3) is 0.118. The Kier molecular flexibility index (Phi) is 4.34. The number of hydrogen-bond donors (Lipinski definition) is 1. The number of rotatable bonds is 5. The van der Waals surface area contributed by atoms with Gasteiger partial charge in [-0.15, -0.1) is 5.10 Å². The molecule has 0 amide bonds. The molecular formula is C17H14FN3O4. The van der Waals surface area contributed by atoms with Gasteiger partial charge in [0.15, 0.2) is 17.2 Å². The van der Waals surface area contributed by atoms with Crippen LogP contribution in [0.3, 0.4) is 0 Å². The van der Waals surface area contributed by atoms with E-state index in [2.05, 4.69) is 10.3 Å². The molecule has 0 saturated carbocycles. The lowest BCUT2D eigenvalue weighted by atomic mass is 10.1. The number of carboxylic acid groups (broad SMARTS) is 1. The van der Waals surface area contributed by atoms with Gasteiger partial charge in [-0.25, -0.2) is 13.9 Å². The fourth-order valence-electron chi connectivity index (χ4n) is 2.43. The molecule has 1 aromatic heterocycles. The van der Waals surface area contributed by atoms with Crippen LogP contribution >= 0.6 is 0 Å². The average molecular weight is 343 g/mol. The first-order valence-corrected chi connectivity index (χ1v) is 7.22. The highest BCUT2D eigenvalue weighted by Gasteiger charge is 2.22. The largest absolute Gasteiger partial charge is 0.493 e. The van der Waals surface area contributed by atoms with E-state index in [9.17, 15) is 14.3 Å². The normalized spacial score (nSPS) is 10.5. The molecule has 0 unspecified atom stereocenters. The molecule has 0 aliphatic carbocycles. The summed E-state index contributed by atoms with van der Waals surface area (Å²) in [6.07, 6.45) is 0. The summed E-state index contributed by atoms with van der Waals surface area (Å²) in [6.45, 7) is 0. The highest BCUT2D eigenvalue weighted by molar-refractivity contribution is 5.93. The Labute approximate surface area is 142 Å². The molecule has 0 aliphatic rings. The Hall–Kier alpha value is -3.42. The van der Waals surface area contributed by atoms with E-state index in [1.807, 2.05) is 0 Å². The first-order valence-electron chi connectivity index (χ1n) is 7.22. The van der Waals surface area contributed by atoms with Gasteiger partial charge in [0, 0.05) is 11.6 Å². The third-order valence-corrected chi connectivity index (χ3v) is 3.60. The van der Waals surface area contributed by atoms with Crippen LogP contribution in [0.1, 0.15) is 10.5 Å². The van der Waals surface area contributed by atoms with Gasteiger partial charge in [0.1, 0.15) is 11.5 Å². The van der Waals surface area contributed by atoms with E-state index in [4.69, 9.17) is 9.47 Å². The van der Waals surface area contributed by atoms with E-state index in [0.717, 1.165) is 0 Å². The Morgan fingerprint density at radius 2 is 1.76 bits per heavy atom. The van der Waals surface area contributed by atoms with E-state index < -0.39 is 11.8 Å². The monoisotopic (exact) mass is 343 g/mol. The van der Waals surface area contributed by atoms with E-state index in [1.165, 1.54) is 43.2 Å². The third kappa shape index (κ3) is 3.01. The van der Waals surface area contributed by atoms with Crippen LogP contribution in [-0.4, -0.2) is 40.3 Å². The zero-order valence-electron chi connectivity index (χ0n) is 13.4. The van der Waals surface area contributed by atoms with Crippen LogP contribution in [0.4, 0.5) is 4.39 Å². The number of hydrogen-bond acceptors (Lipinski definition) is 5. The fourth-order valence-corrected chi connectivity index (χ4v) is 2.43. The van der Waals surface area contributed by atoms with E-state index in [-0.39, 0.29) is 11.4 Å². The highest BCUT2D eigenvalue weighted by Crippen LogP contribution is 2.32. The number of carbonyl (C=O) groups is 1. The van der Waals surface area contributed by atoms with Crippen molar-refractivity contribution in [1.29, 1.82) is 0 Å². The predicted molar refractivity (Wildman–Crippen MR) is 86.8 cm³/mol. The maximum atomic E-state index is 13.2. The molecule has 1 heterocycles. The third-order valence-electron chi connectivity index (χ3n) is 3.60. The molecule has 25 heavy (non-hydrogen) atoms. The SMILES string of the molecule is COc1ccc(-n2nnc(C(=O)O)c2-c2ccc(F)cc2)cc1OC. The number of halogens is 1. The number of benzene rings is 2. The molecule has 128 valence electrons. The molecule has 3 rings (SSSR count). The number of aromatic carboxylic acids is 1. The number of aromatic nitrogens is 3. The first kappa shape index (κ1) is 16.4. The van der Waals surface area contributed by atoms with Gasteiger partial charge in [-0.2, -0.15) is 0 Å². The molecular weight excluding hydrogens is 329 g/mol. The molecule has 0 aliphatic heterocycles. The Morgan fingerprint density at radius 3 is 2.36 bits per heavy atom. The van der Waals surface area contributed by atoms with Gasteiger partial charge >= 0.3 is 5.97 Å². The molecule has 0 atom stereocenters. The van der Waals surface area contributed by atoms with Crippen LogP contribution < -0.4 is 9.47 Å². The second-order valence-corrected chi connectivity index (χ2v) is 5.05. The number of ether oxygens (including phenoxy) is 2. The molecule has 8 heteroatoms. The van der Waals surface area contributed by atoms with E-state index >= 15 is 0 Å². The number of nitrogens with zero attached hydrogens (tertiary/aromatic N) is 3. The molecule has 1 N–H and O–H groups in total. The Balaban J connectivity index is 2.20. The summed E-state index contributed by atoms with van der Waals surface area (Å²) in [5, 5.41) is 17.1. The molecule has 0 radical (unpaired) electrons. The van der Waals surface area contributed by atoms with Crippen molar-refractivity contribution in [2.45, 2.75) is 0 Å². The van der Waals surface area contributed by atoms with Crippen LogP contribution in [-0.2, 0) is 0 Å². The van der Waals surface area contributed by atoms with E-state index in [0.29, 0.717) is 22.7 Å². The van der Waals surface area contributed by atoms with Gasteiger partial charge < -0.3 is 14.6 Å². The van der Waals surface area contributed by atoms with Crippen molar-refractivity contribution in [3.05, 3.63) is 54.0 Å². The van der Waals surface area contributed by atoms with Crippen LogP contribution in [0.2, 0.25) is 0 Å². The molecule has 0 bridgehead atoms. The summed E-state index contributed by atoms with van der Waals surface area (Å²) in [5.74, 6) is -0.678. The Bertz CT molecular complexity index is 922. The van der Waals surface area contributed by atoms with Gasteiger partial charge in [-0.3, -0.25) is 0 Å². The summed E-state index contributed by atoms with van der Waals surface area (Å²) in [4.78, 5) is 11.5. The van der Waals surface area contributed by atoms with Crippen molar-refractivity contribution < 1.29 is 23.8 Å². The molecule has 2 aromatic carbocycles. The van der Waals surface area contributed by atoms with Crippen molar-refractivity contribution in [3.8, 4) is 28.4 Å². The second kappa shape index (κ2) is 6.60. The van der Waals surface area contributed by atoms with Gasteiger partial charge in [-0.1, -0.05) is 5.21 Å². The average Bonchev–Trinajstić information content (AvgIpc) is 3.07. The van der Waals surface area contributed by atoms with Crippen LogP contribution in [0.5, 0.6) is 11.5 Å². The summed E-state index contributed by atoms with van der Waals surface area (Å²) >= 11 is 0. The van der Waals surface area contributed by atoms with E-state index in [1.54, 1.807) is 18.2 Å². The predicted octanol–water partition coefficient (Wildman–Crippen LogP) is 2.79. The topological polar surface area (TPSA) is 86.5 Å². The number of methoxy groups -OCH3 is 2. The molecule has 0 saturated heterocycles. The van der Waals surface area contributed by atoms with Crippen molar-refractivity contribution in [2.75, 3.05) is 14.2 Å². The standard InChI is InChI=1S/C17H14FN3O4/c1-24-13-8-7-12(9-14(13)25-2)21-16(15(17(22)23)19-20-21)10-3-5-11(18)6-4-10/h3-9H,1-2H3,(H,22,23). The number of carboxylic acids is 1. The minimum Gasteiger partial charge on any atom is -0.493 e. The van der Waals surface area contributed by atoms with Crippen molar-refractivity contribution in [2.24, 2.45) is 0 Å². The van der Waals surface area contributed by atoms with Gasteiger partial charge in [0.25, 0.3) is 0 Å². The van der Waals surface area contributed by atoms with Crippen molar-refractivity contribution >= 4 is 5.97 Å². The second-order valence-electron chi connectivity index (χ2n) is 5.05. The summed E-state index contributed by atoms with van der Waals surface area (Å²) < 4.78 is 25.0. The van der Waals surface area contributed by atoms with Crippen molar-refractivity contribution in [3.63, 3.8) is 0 Å². The van der Waals surface area contributed by atoms with Crippen LogP contribution in [0.15, 0.2) is 42.5 Å². The summed E-state index contributed by atoms with van der Waals surface area (Å²) in [7, 11) is 3.01. The zero-order chi connectivity index (χ0) is 18.0. The Morgan fingerprint density at radius 1 is 1.08 bits per heavy atom. The van der Waals surface area contributed by atoms with Gasteiger partial charge in [0.05, 0.1) is 19.9 Å².